The summed E-state index contributed by atoms with van der Waals surface area (Å²) in [5.74, 6) is -1.53. The van der Waals surface area contributed by atoms with Crippen molar-refractivity contribution < 1.29 is 19.2 Å². The summed E-state index contributed by atoms with van der Waals surface area (Å²) >= 11 is 0. The first-order valence-corrected chi connectivity index (χ1v) is 10.4. The van der Waals surface area contributed by atoms with Gasteiger partial charge in [-0.25, -0.2) is 4.98 Å². The number of carbonyl (C=O) groups excluding carboxylic acids is 4. The molecule has 3 N–H and O–H groups in total. The third kappa shape index (κ3) is 3.39. The molecule has 0 saturated carbocycles. The van der Waals surface area contributed by atoms with E-state index in [0.29, 0.717) is 24.9 Å². The van der Waals surface area contributed by atoms with Crippen molar-refractivity contribution in [2.24, 2.45) is 5.73 Å². The molecule has 32 heavy (non-hydrogen) atoms. The van der Waals surface area contributed by atoms with Gasteiger partial charge >= 0.3 is 0 Å². The monoisotopic (exact) mass is 428 g/mol. The lowest BCUT2D eigenvalue weighted by atomic mass is 9.99. The summed E-state index contributed by atoms with van der Waals surface area (Å²) in [4.78, 5) is 54.3. The van der Waals surface area contributed by atoms with E-state index in [4.69, 9.17) is 5.73 Å². The minimum Gasteiger partial charge on any atom is -0.364 e. The lowest BCUT2D eigenvalue weighted by molar-refractivity contribution is -0.136. The smallest absolute Gasteiger partial charge is 0.267 e. The number of hydrogen-bond donors (Lipinski definition) is 2. The zero-order valence-electron chi connectivity index (χ0n) is 17.1. The molecule has 0 aliphatic carbocycles. The summed E-state index contributed by atoms with van der Waals surface area (Å²) in [6.07, 6.45) is 1.01. The molecule has 0 bridgehead atoms. The van der Waals surface area contributed by atoms with Crippen molar-refractivity contribution in [1.29, 1.82) is 0 Å². The maximum atomic E-state index is 12.9. The highest BCUT2D eigenvalue weighted by atomic mass is 16.2. The van der Waals surface area contributed by atoms with Gasteiger partial charge in [0.2, 0.25) is 11.8 Å². The normalized spacial score (nSPS) is 18.1. The maximum Gasteiger partial charge on any atom is 0.267 e. The number of nitrogens with two attached hydrogens (primary N) is 1. The third-order valence-electron chi connectivity index (χ3n) is 6.03. The van der Waals surface area contributed by atoms with E-state index in [1.807, 2.05) is 36.4 Å². The number of aromatic nitrogens is 1. The van der Waals surface area contributed by atoms with Crippen molar-refractivity contribution in [3.8, 4) is 0 Å². The van der Waals surface area contributed by atoms with Crippen LogP contribution in [0.1, 0.15) is 50.5 Å². The van der Waals surface area contributed by atoms with Crippen molar-refractivity contribution in [3.63, 3.8) is 0 Å². The Hall–Kier alpha value is -4.07. The summed E-state index contributed by atoms with van der Waals surface area (Å²) in [5, 5.41) is 4.12. The Kier molecular flexibility index (Phi) is 4.70. The Labute approximate surface area is 183 Å². The van der Waals surface area contributed by atoms with Gasteiger partial charge in [0.15, 0.2) is 0 Å². The van der Waals surface area contributed by atoms with Crippen LogP contribution in [0.15, 0.2) is 48.5 Å². The Morgan fingerprint density at radius 2 is 1.94 bits per heavy atom. The van der Waals surface area contributed by atoms with Gasteiger partial charge in [-0.1, -0.05) is 36.4 Å². The number of pyridine rings is 1. The largest absolute Gasteiger partial charge is 0.364 e. The van der Waals surface area contributed by atoms with Gasteiger partial charge in [-0.15, -0.1) is 0 Å². The van der Waals surface area contributed by atoms with Crippen molar-refractivity contribution >= 4 is 34.4 Å². The Balaban J connectivity index is 1.45. The molecule has 1 saturated heterocycles. The molecule has 3 aromatic rings. The van der Waals surface area contributed by atoms with Crippen molar-refractivity contribution in [2.75, 3.05) is 0 Å². The van der Waals surface area contributed by atoms with Crippen LogP contribution in [0.4, 0.5) is 0 Å². The van der Waals surface area contributed by atoms with Crippen LogP contribution < -0.4 is 11.1 Å². The fourth-order valence-electron chi connectivity index (χ4n) is 4.46. The van der Waals surface area contributed by atoms with Crippen LogP contribution in [0.25, 0.3) is 10.8 Å². The molecule has 8 heteroatoms. The molecule has 1 unspecified atom stereocenters. The number of rotatable bonds is 4. The molecule has 1 fully saturated rings. The lowest BCUT2D eigenvalue weighted by Gasteiger charge is -2.29. The molecule has 5 rings (SSSR count). The number of carbonyl (C=O) groups is 4. The van der Waals surface area contributed by atoms with E-state index >= 15 is 0 Å². The zero-order chi connectivity index (χ0) is 22.4. The van der Waals surface area contributed by atoms with Gasteiger partial charge in [-0.05, 0) is 35.1 Å². The lowest BCUT2D eigenvalue weighted by Crippen LogP contribution is -2.52. The number of benzene rings is 2. The molecule has 8 nitrogen and oxygen atoms in total. The molecule has 160 valence electrons. The number of imide groups is 1. The summed E-state index contributed by atoms with van der Waals surface area (Å²) in [6.45, 7) is 0.309. The van der Waals surface area contributed by atoms with Crippen molar-refractivity contribution in [1.82, 2.24) is 15.2 Å². The van der Waals surface area contributed by atoms with E-state index in [1.165, 1.54) is 4.90 Å². The number of piperidine rings is 1. The van der Waals surface area contributed by atoms with Crippen LogP contribution in [-0.4, -0.2) is 39.6 Å². The third-order valence-corrected chi connectivity index (χ3v) is 6.03. The van der Waals surface area contributed by atoms with Crippen molar-refractivity contribution in [3.05, 3.63) is 76.6 Å². The second-order valence-electron chi connectivity index (χ2n) is 8.11. The minimum absolute atomic E-state index is 0.207. The van der Waals surface area contributed by atoms with Gasteiger partial charge in [0, 0.05) is 30.3 Å². The topological polar surface area (TPSA) is 122 Å². The van der Waals surface area contributed by atoms with Crippen LogP contribution in [0.3, 0.4) is 0 Å². The Morgan fingerprint density at radius 1 is 1.12 bits per heavy atom. The molecule has 1 atom stereocenters. The predicted octanol–water partition coefficient (Wildman–Crippen LogP) is 1.69. The van der Waals surface area contributed by atoms with Gasteiger partial charge in [0.05, 0.1) is 5.69 Å². The van der Waals surface area contributed by atoms with E-state index < -0.39 is 17.9 Å². The fraction of sp³-hybridized carbons (Fsp3) is 0.208. The predicted molar refractivity (Wildman–Crippen MR) is 116 cm³/mol. The van der Waals surface area contributed by atoms with E-state index in [2.05, 4.69) is 10.3 Å². The van der Waals surface area contributed by atoms with Crippen LogP contribution in [0.2, 0.25) is 0 Å². The number of nitrogens with one attached hydrogen (secondary N) is 1. The summed E-state index contributed by atoms with van der Waals surface area (Å²) in [5.41, 5.74) is 8.71. The highest BCUT2D eigenvalue weighted by Crippen LogP contribution is 2.29. The average Bonchev–Trinajstić information content (AvgIpc) is 3.09. The van der Waals surface area contributed by atoms with Gasteiger partial charge in [0.25, 0.3) is 11.8 Å². The number of hydrogen-bond acceptors (Lipinski definition) is 5. The molecule has 2 aliphatic heterocycles. The Morgan fingerprint density at radius 3 is 2.72 bits per heavy atom. The van der Waals surface area contributed by atoms with E-state index in [-0.39, 0.29) is 23.9 Å². The fourth-order valence-corrected chi connectivity index (χ4v) is 4.46. The molecular weight excluding hydrogens is 408 g/mol. The van der Waals surface area contributed by atoms with Crippen LogP contribution in [-0.2, 0) is 22.6 Å². The number of nitrogens with zero attached hydrogens (tertiary/aromatic N) is 2. The molecule has 3 heterocycles. The van der Waals surface area contributed by atoms with Crippen LogP contribution in [0, 0.1) is 0 Å². The quantitative estimate of drug-likeness (QED) is 0.612. The molecule has 1 aromatic heterocycles. The summed E-state index contributed by atoms with van der Waals surface area (Å²) in [7, 11) is 0. The first-order valence-electron chi connectivity index (χ1n) is 10.4. The van der Waals surface area contributed by atoms with Crippen molar-refractivity contribution in [2.45, 2.75) is 31.8 Å². The second-order valence-corrected chi connectivity index (χ2v) is 8.11. The molecule has 2 aliphatic rings. The van der Waals surface area contributed by atoms with E-state index in [9.17, 15) is 19.2 Å². The van der Waals surface area contributed by atoms with Gasteiger partial charge in [-0.2, -0.15) is 0 Å². The SMILES string of the molecule is NC(=O)c1cc2ccccc2c(Cc2ccc3c(c2)CN(C2CCC(=O)NC2=O)C3=O)n1. The first-order chi connectivity index (χ1) is 15.4. The molecule has 0 spiro atoms. The Bertz CT molecular complexity index is 1320. The molecular formula is C24H20N4O4. The van der Waals surface area contributed by atoms with E-state index in [1.54, 1.807) is 12.1 Å². The summed E-state index contributed by atoms with van der Waals surface area (Å²) < 4.78 is 0. The van der Waals surface area contributed by atoms with Crippen LogP contribution in [0.5, 0.6) is 0 Å². The standard InChI is InChI=1S/C24H20N4O4/c25-22(30)19-11-14-3-1-2-4-16(14)18(26-19)10-13-5-6-17-15(9-13)12-28(24(17)32)20-7-8-21(29)27-23(20)31/h1-6,9,11,20H,7-8,10,12H2,(H2,25,30)(H,27,29,31). The average molecular weight is 428 g/mol. The highest BCUT2D eigenvalue weighted by Gasteiger charge is 2.39. The molecule has 0 radical (unpaired) electrons. The number of primary amides is 1. The maximum absolute atomic E-state index is 12.9. The zero-order valence-corrected chi connectivity index (χ0v) is 17.1. The van der Waals surface area contributed by atoms with Gasteiger partial charge < -0.3 is 10.6 Å². The van der Waals surface area contributed by atoms with Gasteiger partial charge in [0.1, 0.15) is 11.7 Å². The highest BCUT2D eigenvalue weighted by molar-refractivity contribution is 6.05. The first kappa shape index (κ1) is 19.9. The number of fused-ring (bicyclic) bond motifs is 2. The van der Waals surface area contributed by atoms with E-state index in [0.717, 1.165) is 27.6 Å². The molecule has 2 aromatic carbocycles. The molecule has 4 amide bonds. The van der Waals surface area contributed by atoms with Gasteiger partial charge in [-0.3, -0.25) is 24.5 Å². The second kappa shape index (κ2) is 7.56. The summed E-state index contributed by atoms with van der Waals surface area (Å²) in [6, 6.07) is 14.3. The number of amides is 4. The minimum atomic E-state index is -0.645. The van der Waals surface area contributed by atoms with Crippen LogP contribution >= 0.6 is 0 Å².